The summed E-state index contributed by atoms with van der Waals surface area (Å²) in [6.45, 7) is 1.56. The summed E-state index contributed by atoms with van der Waals surface area (Å²) in [4.78, 5) is 26.6. The summed E-state index contributed by atoms with van der Waals surface area (Å²) < 4.78 is 5.88. The molecule has 5 heteroatoms. The van der Waals surface area contributed by atoms with Gasteiger partial charge in [0.05, 0.1) is 0 Å². The zero-order valence-electron chi connectivity index (χ0n) is 10.2. The number of rotatable bonds is 4. The second-order valence-corrected chi connectivity index (χ2v) is 4.93. The molecule has 2 rings (SSSR count). The van der Waals surface area contributed by atoms with Gasteiger partial charge < -0.3 is 9.72 Å². The fraction of sp³-hybridized carbons (Fsp3) is 0.143. The van der Waals surface area contributed by atoms with E-state index < -0.39 is 12.1 Å². The van der Waals surface area contributed by atoms with Crippen molar-refractivity contribution in [2.75, 3.05) is 0 Å². The smallest absolute Gasteiger partial charge is 0.355 e. The number of esters is 1. The van der Waals surface area contributed by atoms with Crippen molar-refractivity contribution in [1.29, 1.82) is 0 Å². The number of H-pyrrole nitrogens is 1. The molecule has 1 aromatic carbocycles. The number of ether oxygens (including phenoxy) is 1. The molecule has 0 radical (unpaired) electrons. The second-order valence-electron chi connectivity index (χ2n) is 4.01. The highest BCUT2D eigenvalue weighted by Crippen LogP contribution is 2.13. The predicted molar refractivity (Wildman–Crippen MR) is 74.1 cm³/mol. The summed E-state index contributed by atoms with van der Waals surface area (Å²) in [5, 5.41) is 0. The second kappa shape index (κ2) is 5.84. The molecule has 1 heterocycles. The molecule has 0 aliphatic carbocycles. The molecule has 0 amide bonds. The summed E-state index contributed by atoms with van der Waals surface area (Å²) in [5.74, 6) is -0.776. The lowest BCUT2D eigenvalue weighted by atomic mass is 10.1. The molecule has 0 saturated heterocycles. The molecule has 1 N–H and O–H groups in total. The fourth-order valence-corrected chi connectivity index (χ4v) is 1.94. The number of nitrogens with one attached hydrogen (secondary N) is 1. The topological polar surface area (TPSA) is 59.2 Å². The molecule has 19 heavy (non-hydrogen) atoms. The van der Waals surface area contributed by atoms with Gasteiger partial charge in [-0.3, -0.25) is 4.79 Å². The lowest BCUT2D eigenvalue weighted by Crippen LogP contribution is -2.24. The number of carbonyl (C=O) groups is 2. The number of aromatic nitrogens is 1. The van der Waals surface area contributed by atoms with Crippen molar-refractivity contribution in [3.8, 4) is 0 Å². The highest BCUT2D eigenvalue weighted by atomic mass is 79.9. The summed E-state index contributed by atoms with van der Waals surface area (Å²) >= 11 is 3.23. The van der Waals surface area contributed by atoms with Gasteiger partial charge in [0.2, 0.25) is 5.78 Å². The van der Waals surface area contributed by atoms with Crippen LogP contribution in [0.4, 0.5) is 0 Å². The number of carbonyl (C=O) groups excluding carboxylic acids is 2. The van der Waals surface area contributed by atoms with Crippen LogP contribution < -0.4 is 0 Å². The van der Waals surface area contributed by atoms with Crippen LogP contribution >= 0.6 is 15.9 Å². The van der Waals surface area contributed by atoms with E-state index in [4.69, 9.17) is 4.74 Å². The van der Waals surface area contributed by atoms with Gasteiger partial charge >= 0.3 is 5.97 Å². The van der Waals surface area contributed by atoms with Crippen LogP contribution in [0.2, 0.25) is 0 Å². The number of Topliss-reactive ketones (excluding diaryl/α,β-unsaturated/α-hetero) is 1. The average molecular weight is 322 g/mol. The van der Waals surface area contributed by atoms with Crippen molar-refractivity contribution in [3.63, 3.8) is 0 Å². The number of hydrogen-bond donors (Lipinski definition) is 1. The molecule has 1 atom stereocenters. The first-order chi connectivity index (χ1) is 9.08. The van der Waals surface area contributed by atoms with Crippen LogP contribution in [-0.2, 0) is 4.74 Å². The van der Waals surface area contributed by atoms with Crippen LogP contribution in [0.5, 0.6) is 0 Å². The highest BCUT2D eigenvalue weighted by Gasteiger charge is 2.20. The Kier molecular flexibility index (Phi) is 4.16. The Balaban J connectivity index is 2.03. The molecule has 0 fully saturated rings. The molecule has 2 aromatic rings. The van der Waals surface area contributed by atoms with E-state index in [0.29, 0.717) is 11.3 Å². The van der Waals surface area contributed by atoms with Crippen molar-refractivity contribution in [2.45, 2.75) is 13.0 Å². The van der Waals surface area contributed by atoms with Crippen LogP contribution in [0.1, 0.15) is 27.8 Å². The SMILES string of the molecule is CC(OC(=O)c1cc(Br)c[nH]1)C(=O)c1ccccc1. The Morgan fingerprint density at radius 2 is 1.95 bits per heavy atom. The Labute approximate surface area is 118 Å². The largest absolute Gasteiger partial charge is 0.450 e. The van der Waals surface area contributed by atoms with Gasteiger partial charge in [-0.25, -0.2) is 4.79 Å². The van der Waals surface area contributed by atoms with Crippen LogP contribution in [0.3, 0.4) is 0 Å². The van der Waals surface area contributed by atoms with Crippen molar-refractivity contribution >= 4 is 27.7 Å². The third kappa shape index (κ3) is 3.32. The van der Waals surface area contributed by atoms with E-state index in [1.54, 1.807) is 43.5 Å². The highest BCUT2D eigenvalue weighted by molar-refractivity contribution is 9.10. The molecule has 1 unspecified atom stereocenters. The number of aromatic amines is 1. The van der Waals surface area contributed by atoms with E-state index in [-0.39, 0.29) is 5.78 Å². The van der Waals surface area contributed by atoms with Crippen LogP contribution in [0.25, 0.3) is 0 Å². The Morgan fingerprint density at radius 3 is 2.53 bits per heavy atom. The number of ketones is 1. The molecule has 0 spiro atoms. The normalized spacial score (nSPS) is 11.9. The first-order valence-electron chi connectivity index (χ1n) is 5.72. The van der Waals surface area contributed by atoms with E-state index in [1.807, 2.05) is 6.07 Å². The first kappa shape index (κ1) is 13.5. The summed E-state index contributed by atoms with van der Waals surface area (Å²) in [7, 11) is 0. The Hall–Kier alpha value is -1.88. The molecular formula is C14H12BrNO3. The monoisotopic (exact) mass is 321 g/mol. The van der Waals surface area contributed by atoms with Gasteiger partial charge in [-0.1, -0.05) is 30.3 Å². The van der Waals surface area contributed by atoms with E-state index >= 15 is 0 Å². The van der Waals surface area contributed by atoms with Gasteiger partial charge in [0.15, 0.2) is 6.10 Å². The first-order valence-corrected chi connectivity index (χ1v) is 6.51. The van der Waals surface area contributed by atoms with Crippen LogP contribution in [0, 0.1) is 0 Å². The molecule has 0 aliphatic heterocycles. The lowest BCUT2D eigenvalue weighted by molar-refractivity contribution is 0.0314. The summed E-state index contributed by atoms with van der Waals surface area (Å²) in [5.41, 5.74) is 0.829. The van der Waals surface area contributed by atoms with Crippen LogP contribution in [-0.4, -0.2) is 22.8 Å². The molecule has 0 bridgehead atoms. The van der Waals surface area contributed by atoms with Crippen molar-refractivity contribution in [1.82, 2.24) is 4.98 Å². The van der Waals surface area contributed by atoms with Gasteiger partial charge in [0, 0.05) is 16.2 Å². The van der Waals surface area contributed by atoms with Crippen molar-refractivity contribution in [2.24, 2.45) is 0 Å². The zero-order chi connectivity index (χ0) is 13.8. The minimum atomic E-state index is -0.822. The van der Waals surface area contributed by atoms with Gasteiger partial charge in [-0.05, 0) is 28.9 Å². The zero-order valence-corrected chi connectivity index (χ0v) is 11.8. The van der Waals surface area contributed by atoms with E-state index in [9.17, 15) is 9.59 Å². The molecular weight excluding hydrogens is 310 g/mol. The quantitative estimate of drug-likeness (QED) is 0.695. The maximum absolute atomic E-state index is 12.0. The van der Waals surface area contributed by atoms with Gasteiger partial charge in [-0.2, -0.15) is 0 Å². The fourth-order valence-electron chi connectivity index (χ4n) is 1.60. The summed E-state index contributed by atoms with van der Waals surface area (Å²) in [6.07, 6.45) is 0.803. The molecule has 0 aliphatic rings. The standard InChI is InChI=1S/C14H12BrNO3/c1-9(13(17)10-5-3-2-4-6-10)19-14(18)12-7-11(15)8-16-12/h2-9,16H,1H3. The van der Waals surface area contributed by atoms with E-state index in [1.165, 1.54) is 0 Å². The van der Waals surface area contributed by atoms with Crippen molar-refractivity contribution in [3.05, 3.63) is 58.3 Å². The number of hydrogen-bond acceptors (Lipinski definition) is 3. The molecule has 4 nitrogen and oxygen atoms in total. The molecule has 0 saturated carbocycles. The van der Waals surface area contributed by atoms with E-state index in [0.717, 1.165) is 4.47 Å². The van der Waals surface area contributed by atoms with Gasteiger partial charge in [0.25, 0.3) is 0 Å². The minimum Gasteiger partial charge on any atom is -0.450 e. The van der Waals surface area contributed by atoms with Gasteiger partial charge in [0.1, 0.15) is 5.69 Å². The third-order valence-corrected chi connectivity index (χ3v) is 3.04. The van der Waals surface area contributed by atoms with E-state index in [2.05, 4.69) is 20.9 Å². The van der Waals surface area contributed by atoms with Crippen molar-refractivity contribution < 1.29 is 14.3 Å². The maximum Gasteiger partial charge on any atom is 0.355 e. The Bertz CT molecular complexity index is 592. The Morgan fingerprint density at radius 1 is 1.26 bits per heavy atom. The third-order valence-electron chi connectivity index (χ3n) is 2.58. The van der Waals surface area contributed by atoms with Gasteiger partial charge in [-0.15, -0.1) is 0 Å². The predicted octanol–water partition coefficient (Wildman–Crippen LogP) is 3.21. The molecule has 1 aromatic heterocycles. The average Bonchev–Trinajstić information content (AvgIpc) is 2.85. The number of benzene rings is 1. The number of halogens is 1. The maximum atomic E-state index is 12.0. The summed E-state index contributed by atoms with van der Waals surface area (Å²) in [6, 6.07) is 10.3. The lowest BCUT2D eigenvalue weighted by Gasteiger charge is -2.11. The minimum absolute atomic E-state index is 0.223. The molecule has 98 valence electrons. The van der Waals surface area contributed by atoms with Crippen LogP contribution in [0.15, 0.2) is 47.1 Å².